The summed E-state index contributed by atoms with van der Waals surface area (Å²) in [6.07, 6.45) is 12.2. The highest BCUT2D eigenvalue weighted by molar-refractivity contribution is 7.92. The second-order valence-electron chi connectivity index (χ2n) is 9.17. The van der Waals surface area contributed by atoms with E-state index in [9.17, 15) is 17.6 Å². The van der Waals surface area contributed by atoms with E-state index in [-0.39, 0.29) is 10.6 Å². The summed E-state index contributed by atoms with van der Waals surface area (Å²) in [5, 5.41) is 4.35. The van der Waals surface area contributed by atoms with E-state index >= 15 is 0 Å². The Labute approximate surface area is 208 Å². The number of benzene rings is 2. The lowest BCUT2D eigenvalue weighted by molar-refractivity contribution is -0.119. The van der Waals surface area contributed by atoms with Crippen LogP contribution < -0.4 is 9.73 Å². The second kappa shape index (κ2) is 13.4. The Hall–Kier alpha value is -2.74. The fourth-order valence-corrected chi connectivity index (χ4v) is 5.66. The molecule has 0 aromatic heterocycles. The molecule has 1 amide bonds. The molecule has 3 rings (SSSR count). The van der Waals surface area contributed by atoms with Crippen molar-refractivity contribution < 1.29 is 17.6 Å². The highest BCUT2D eigenvalue weighted by atomic mass is 32.2. The number of para-hydroxylation sites is 1. The molecule has 0 unspecified atom stereocenters. The van der Waals surface area contributed by atoms with Gasteiger partial charge in [-0.15, -0.1) is 0 Å². The molecule has 1 saturated carbocycles. The summed E-state index contributed by atoms with van der Waals surface area (Å²) in [7, 11) is -4.17. The van der Waals surface area contributed by atoms with Gasteiger partial charge >= 0.3 is 0 Å². The van der Waals surface area contributed by atoms with Crippen molar-refractivity contribution in [1.29, 1.82) is 0 Å². The molecule has 190 valence electrons. The van der Waals surface area contributed by atoms with Crippen LogP contribution >= 0.6 is 0 Å². The molecule has 1 aliphatic carbocycles. The third-order valence-corrected chi connectivity index (χ3v) is 8.06. The number of sulfonamides is 1. The van der Waals surface area contributed by atoms with Crippen molar-refractivity contribution in [2.75, 3.05) is 10.8 Å². The van der Waals surface area contributed by atoms with E-state index < -0.39 is 28.3 Å². The van der Waals surface area contributed by atoms with Crippen molar-refractivity contribution in [2.24, 2.45) is 5.10 Å². The molecule has 0 saturated heterocycles. The summed E-state index contributed by atoms with van der Waals surface area (Å²) >= 11 is 0. The van der Waals surface area contributed by atoms with Gasteiger partial charge in [0.1, 0.15) is 12.4 Å². The maximum absolute atomic E-state index is 14.6. The van der Waals surface area contributed by atoms with Crippen molar-refractivity contribution in [1.82, 2.24) is 5.43 Å². The van der Waals surface area contributed by atoms with Crippen LogP contribution in [0.4, 0.5) is 10.1 Å². The maximum atomic E-state index is 14.6. The van der Waals surface area contributed by atoms with Crippen LogP contribution in [-0.4, -0.2) is 26.6 Å². The van der Waals surface area contributed by atoms with E-state index in [1.165, 1.54) is 62.4 Å². The van der Waals surface area contributed by atoms with Crippen molar-refractivity contribution in [3.05, 3.63) is 59.9 Å². The fraction of sp³-hybridized carbons (Fsp3) is 0.481. The highest BCUT2D eigenvalue weighted by Crippen LogP contribution is 2.26. The van der Waals surface area contributed by atoms with Crippen LogP contribution in [0.1, 0.15) is 76.2 Å². The molecule has 8 heteroatoms. The Kier molecular flexibility index (Phi) is 10.3. The number of carbonyl (C=O) groups is 1. The zero-order chi connectivity index (χ0) is 25.1. The first-order valence-corrected chi connectivity index (χ1v) is 14.0. The van der Waals surface area contributed by atoms with E-state index in [1.54, 1.807) is 18.2 Å². The fourth-order valence-electron chi connectivity index (χ4n) is 4.23. The Bertz CT molecular complexity index is 1090. The molecule has 0 heterocycles. The largest absolute Gasteiger partial charge is 0.271 e. The molecule has 1 aliphatic rings. The van der Waals surface area contributed by atoms with Crippen LogP contribution in [-0.2, 0) is 14.8 Å². The summed E-state index contributed by atoms with van der Waals surface area (Å²) < 4.78 is 42.2. The zero-order valence-corrected chi connectivity index (χ0v) is 21.3. The van der Waals surface area contributed by atoms with Crippen LogP contribution in [0.3, 0.4) is 0 Å². The first-order chi connectivity index (χ1) is 16.9. The number of amides is 1. The zero-order valence-electron chi connectivity index (χ0n) is 20.5. The molecule has 2 aromatic carbocycles. The Morgan fingerprint density at radius 2 is 1.43 bits per heavy atom. The van der Waals surface area contributed by atoms with Gasteiger partial charge in [-0.3, -0.25) is 9.10 Å². The van der Waals surface area contributed by atoms with Gasteiger partial charge in [0, 0.05) is 5.71 Å². The van der Waals surface area contributed by atoms with E-state index in [0.29, 0.717) is 0 Å². The number of halogens is 1. The molecule has 2 aromatic rings. The van der Waals surface area contributed by atoms with E-state index in [4.69, 9.17) is 0 Å². The predicted molar refractivity (Wildman–Crippen MR) is 138 cm³/mol. The molecule has 0 bridgehead atoms. The number of rotatable bonds is 6. The number of hydrogen-bond acceptors (Lipinski definition) is 4. The molecular formula is C27H36FN3O3S. The molecule has 35 heavy (non-hydrogen) atoms. The lowest BCUT2D eigenvalue weighted by atomic mass is 10.00. The predicted octanol–water partition coefficient (Wildman–Crippen LogP) is 6.11. The van der Waals surface area contributed by atoms with E-state index in [0.717, 1.165) is 54.1 Å². The first kappa shape index (κ1) is 26.9. The van der Waals surface area contributed by atoms with Gasteiger partial charge in [0.15, 0.2) is 0 Å². The number of nitrogens with zero attached hydrogens (tertiary/aromatic N) is 2. The summed E-state index contributed by atoms with van der Waals surface area (Å²) in [5.74, 6) is -1.33. The SMILES string of the molecule is Cc1ccc(S(=O)(=O)N(CC(=O)NN=C2CCCCCCCCCCC2)c2ccccc2F)cc1. The van der Waals surface area contributed by atoms with Gasteiger partial charge < -0.3 is 0 Å². The van der Waals surface area contributed by atoms with E-state index in [2.05, 4.69) is 10.5 Å². The molecule has 1 N–H and O–H groups in total. The summed E-state index contributed by atoms with van der Waals surface area (Å²) in [6.45, 7) is 1.27. The normalized spacial score (nSPS) is 16.0. The van der Waals surface area contributed by atoms with Gasteiger partial charge in [-0.05, 0) is 56.9 Å². The van der Waals surface area contributed by atoms with Crippen LogP contribution in [0.15, 0.2) is 58.5 Å². The minimum absolute atomic E-state index is 0.00946. The van der Waals surface area contributed by atoms with E-state index in [1.807, 2.05) is 6.92 Å². The van der Waals surface area contributed by atoms with Crippen LogP contribution in [0.2, 0.25) is 0 Å². The number of hydrazone groups is 1. The van der Waals surface area contributed by atoms with Gasteiger partial charge in [0.2, 0.25) is 0 Å². The molecule has 0 spiro atoms. The Balaban J connectivity index is 1.77. The monoisotopic (exact) mass is 501 g/mol. The van der Waals surface area contributed by atoms with Crippen LogP contribution in [0.5, 0.6) is 0 Å². The minimum Gasteiger partial charge on any atom is -0.271 e. The highest BCUT2D eigenvalue weighted by Gasteiger charge is 2.29. The summed E-state index contributed by atoms with van der Waals surface area (Å²) in [6, 6.07) is 11.8. The van der Waals surface area contributed by atoms with Crippen molar-refractivity contribution in [2.45, 2.75) is 82.4 Å². The number of nitrogens with one attached hydrogen (secondary N) is 1. The van der Waals surface area contributed by atoms with Gasteiger partial charge in [-0.1, -0.05) is 74.8 Å². The van der Waals surface area contributed by atoms with Crippen LogP contribution in [0, 0.1) is 12.7 Å². The maximum Gasteiger partial charge on any atom is 0.264 e. The minimum atomic E-state index is -4.17. The molecular weight excluding hydrogens is 465 g/mol. The molecule has 0 radical (unpaired) electrons. The third-order valence-electron chi connectivity index (χ3n) is 6.29. The van der Waals surface area contributed by atoms with Crippen molar-refractivity contribution >= 4 is 27.3 Å². The van der Waals surface area contributed by atoms with Crippen molar-refractivity contribution in [3.8, 4) is 0 Å². The summed E-state index contributed by atoms with van der Waals surface area (Å²) in [5.41, 5.74) is 4.18. The third kappa shape index (κ3) is 8.16. The van der Waals surface area contributed by atoms with Crippen LogP contribution in [0.25, 0.3) is 0 Å². The van der Waals surface area contributed by atoms with Gasteiger partial charge in [0.05, 0.1) is 10.6 Å². The van der Waals surface area contributed by atoms with Gasteiger partial charge in [0.25, 0.3) is 15.9 Å². The standard InChI is InChI=1S/C27H36FN3O3S/c1-22-17-19-24(20-18-22)35(33,34)31(26-16-12-11-15-25(26)28)21-27(32)30-29-23-13-9-7-5-3-2-4-6-8-10-14-23/h11-12,15-20H,2-10,13-14,21H2,1H3,(H,30,32). The Morgan fingerprint density at radius 3 is 2.00 bits per heavy atom. The first-order valence-electron chi connectivity index (χ1n) is 12.6. The molecule has 6 nitrogen and oxygen atoms in total. The second-order valence-corrected chi connectivity index (χ2v) is 11.0. The number of hydrogen-bond donors (Lipinski definition) is 1. The van der Waals surface area contributed by atoms with Gasteiger partial charge in [-0.25, -0.2) is 18.2 Å². The molecule has 0 aliphatic heterocycles. The molecule has 0 atom stereocenters. The topological polar surface area (TPSA) is 78.8 Å². The summed E-state index contributed by atoms with van der Waals surface area (Å²) in [4.78, 5) is 12.8. The number of carbonyl (C=O) groups excluding carboxylic acids is 1. The number of aryl methyl sites for hydroxylation is 1. The van der Waals surface area contributed by atoms with Gasteiger partial charge in [-0.2, -0.15) is 5.10 Å². The lowest BCUT2D eigenvalue weighted by Gasteiger charge is -2.24. The average molecular weight is 502 g/mol. The quantitative estimate of drug-likeness (QED) is 0.485. The average Bonchev–Trinajstić information content (AvgIpc) is 2.83. The lowest BCUT2D eigenvalue weighted by Crippen LogP contribution is -2.40. The smallest absolute Gasteiger partial charge is 0.264 e. The van der Waals surface area contributed by atoms with Crippen molar-refractivity contribution in [3.63, 3.8) is 0 Å². The Morgan fingerprint density at radius 1 is 0.886 bits per heavy atom. The molecule has 1 fully saturated rings. The number of anilines is 1.